The lowest BCUT2D eigenvalue weighted by molar-refractivity contribution is -0.124. The summed E-state index contributed by atoms with van der Waals surface area (Å²) in [5.41, 5.74) is 0.404. The van der Waals surface area contributed by atoms with Gasteiger partial charge in [-0.2, -0.15) is 0 Å². The fourth-order valence-corrected chi connectivity index (χ4v) is 2.35. The van der Waals surface area contributed by atoms with Crippen molar-refractivity contribution < 1.29 is 4.79 Å². The third-order valence-corrected chi connectivity index (χ3v) is 3.40. The lowest BCUT2D eigenvalue weighted by atomic mass is 9.83. The van der Waals surface area contributed by atoms with Crippen LogP contribution in [0.5, 0.6) is 0 Å². The number of nitrogens with one attached hydrogen (secondary N) is 1. The number of aromatic nitrogens is 1. The number of nitrogens with zero attached hydrogens (tertiary/aromatic N) is 1. The quantitative estimate of drug-likeness (QED) is 0.824. The van der Waals surface area contributed by atoms with E-state index in [4.69, 9.17) is 0 Å². The Morgan fingerprint density at radius 2 is 2.11 bits per heavy atom. The molecule has 3 nitrogen and oxygen atoms in total. The summed E-state index contributed by atoms with van der Waals surface area (Å²) in [6.07, 6.45) is 4.55. The summed E-state index contributed by atoms with van der Waals surface area (Å²) in [4.78, 5) is 16.4. The van der Waals surface area contributed by atoms with E-state index in [9.17, 15) is 4.79 Å². The molecule has 4 heteroatoms. The van der Waals surface area contributed by atoms with Crippen LogP contribution in [-0.2, 0) is 4.79 Å². The lowest BCUT2D eigenvalue weighted by Gasteiger charge is -2.25. The monoisotopic (exact) mass is 266 g/mol. The average molecular weight is 266 g/mol. The summed E-state index contributed by atoms with van der Waals surface area (Å²) in [5, 5.41) is 3.88. The predicted octanol–water partition coefficient (Wildman–Crippen LogP) is 3.81. The Morgan fingerprint density at radius 1 is 1.44 bits per heavy atom. The van der Waals surface area contributed by atoms with Crippen LogP contribution in [0.2, 0.25) is 0 Å². The second kappa shape index (κ2) is 6.23. The average Bonchev–Trinajstić information content (AvgIpc) is 2.28. The fourth-order valence-electron chi connectivity index (χ4n) is 1.99. The Labute approximate surface area is 114 Å². The molecule has 100 valence electrons. The first-order chi connectivity index (χ1) is 8.35. The van der Waals surface area contributed by atoms with Crippen molar-refractivity contribution in [1.82, 2.24) is 4.98 Å². The number of carbonyl (C=O) groups is 1. The number of amides is 1. The van der Waals surface area contributed by atoms with Crippen molar-refractivity contribution in [1.29, 1.82) is 0 Å². The third kappa shape index (κ3) is 4.33. The Hall–Kier alpha value is -1.03. The van der Waals surface area contributed by atoms with Crippen LogP contribution in [0.4, 0.5) is 5.69 Å². The maximum absolute atomic E-state index is 12.2. The summed E-state index contributed by atoms with van der Waals surface area (Å²) in [5.74, 6) is 0.553. The standard InChI is InChI=1S/C14H22N2OS/c1-10(2)8-14(3,4)13(17)16-11-6-7-12(18-5)15-9-11/h6-7,9-10H,8H2,1-5H3,(H,16,17). The Morgan fingerprint density at radius 3 is 2.56 bits per heavy atom. The molecule has 0 aliphatic rings. The van der Waals surface area contributed by atoms with Crippen LogP contribution in [-0.4, -0.2) is 17.1 Å². The van der Waals surface area contributed by atoms with Crippen molar-refractivity contribution in [3.8, 4) is 0 Å². The molecule has 1 N–H and O–H groups in total. The van der Waals surface area contributed by atoms with Crippen molar-refractivity contribution in [2.75, 3.05) is 11.6 Å². The predicted molar refractivity (Wildman–Crippen MR) is 77.9 cm³/mol. The molecule has 0 radical (unpaired) electrons. The van der Waals surface area contributed by atoms with E-state index in [1.807, 2.05) is 32.2 Å². The molecule has 0 fully saturated rings. The highest BCUT2D eigenvalue weighted by molar-refractivity contribution is 7.98. The summed E-state index contributed by atoms with van der Waals surface area (Å²) in [6.45, 7) is 8.21. The van der Waals surface area contributed by atoms with E-state index in [2.05, 4.69) is 24.1 Å². The van der Waals surface area contributed by atoms with Gasteiger partial charge in [0.2, 0.25) is 5.91 Å². The summed E-state index contributed by atoms with van der Waals surface area (Å²) >= 11 is 1.59. The molecule has 1 aromatic heterocycles. The highest BCUT2D eigenvalue weighted by Crippen LogP contribution is 2.27. The van der Waals surface area contributed by atoms with Crippen molar-refractivity contribution in [3.05, 3.63) is 18.3 Å². The molecule has 0 aliphatic heterocycles. The minimum atomic E-state index is -0.355. The maximum atomic E-state index is 12.2. The molecule has 1 amide bonds. The zero-order valence-electron chi connectivity index (χ0n) is 11.8. The first kappa shape index (κ1) is 15.0. The van der Waals surface area contributed by atoms with Crippen LogP contribution in [0, 0.1) is 11.3 Å². The molecule has 0 bridgehead atoms. The number of rotatable bonds is 5. The van der Waals surface area contributed by atoms with Gasteiger partial charge in [-0.15, -0.1) is 11.8 Å². The highest BCUT2D eigenvalue weighted by Gasteiger charge is 2.28. The molecule has 1 rings (SSSR count). The SMILES string of the molecule is CSc1ccc(NC(=O)C(C)(C)CC(C)C)cn1. The molecular weight excluding hydrogens is 244 g/mol. The van der Waals surface area contributed by atoms with Crippen LogP contribution in [0.15, 0.2) is 23.4 Å². The molecule has 0 atom stereocenters. The van der Waals surface area contributed by atoms with Gasteiger partial charge >= 0.3 is 0 Å². The summed E-state index contributed by atoms with van der Waals surface area (Å²) < 4.78 is 0. The Balaban J connectivity index is 2.68. The molecule has 18 heavy (non-hydrogen) atoms. The first-order valence-electron chi connectivity index (χ1n) is 6.16. The van der Waals surface area contributed by atoms with Gasteiger partial charge in [-0.25, -0.2) is 4.98 Å². The van der Waals surface area contributed by atoms with E-state index in [0.717, 1.165) is 17.1 Å². The molecule has 0 saturated heterocycles. The number of carbonyl (C=O) groups excluding carboxylic acids is 1. The Kier molecular flexibility index (Phi) is 5.20. The van der Waals surface area contributed by atoms with Crippen LogP contribution in [0.25, 0.3) is 0 Å². The first-order valence-corrected chi connectivity index (χ1v) is 7.39. The molecule has 0 saturated carbocycles. The zero-order chi connectivity index (χ0) is 13.8. The van der Waals surface area contributed by atoms with E-state index in [1.165, 1.54) is 0 Å². The van der Waals surface area contributed by atoms with Crippen molar-refractivity contribution in [2.24, 2.45) is 11.3 Å². The van der Waals surface area contributed by atoms with Gasteiger partial charge in [0.1, 0.15) is 0 Å². The molecule has 1 heterocycles. The maximum Gasteiger partial charge on any atom is 0.230 e. The number of pyridine rings is 1. The highest BCUT2D eigenvalue weighted by atomic mass is 32.2. The summed E-state index contributed by atoms with van der Waals surface area (Å²) in [6, 6.07) is 3.80. The normalized spacial score (nSPS) is 11.7. The van der Waals surface area contributed by atoms with Gasteiger partial charge in [-0.1, -0.05) is 27.7 Å². The lowest BCUT2D eigenvalue weighted by Crippen LogP contribution is -2.32. The van der Waals surface area contributed by atoms with Crippen molar-refractivity contribution in [3.63, 3.8) is 0 Å². The summed E-state index contributed by atoms with van der Waals surface area (Å²) in [7, 11) is 0. The molecule has 0 unspecified atom stereocenters. The molecule has 1 aromatic rings. The van der Waals surface area contributed by atoms with Crippen molar-refractivity contribution >= 4 is 23.4 Å². The molecule has 0 aromatic carbocycles. The smallest absolute Gasteiger partial charge is 0.230 e. The van der Waals surface area contributed by atoms with Gasteiger partial charge in [-0.05, 0) is 30.7 Å². The zero-order valence-corrected chi connectivity index (χ0v) is 12.6. The fraction of sp³-hybridized carbons (Fsp3) is 0.571. The largest absolute Gasteiger partial charge is 0.324 e. The van der Waals surface area contributed by atoms with E-state index in [0.29, 0.717) is 5.92 Å². The number of thioether (sulfide) groups is 1. The molecule has 0 aliphatic carbocycles. The van der Waals surface area contributed by atoms with Gasteiger partial charge in [0.05, 0.1) is 16.9 Å². The van der Waals surface area contributed by atoms with E-state index < -0.39 is 0 Å². The van der Waals surface area contributed by atoms with Gasteiger partial charge in [0.15, 0.2) is 0 Å². The molecule has 0 spiro atoms. The second-order valence-corrected chi connectivity index (χ2v) is 6.35. The molecular formula is C14H22N2OS. The minimum Gasteiger partial charge on any atom is -0.324 e. The second-order valence-electron chi connectivity index (χ2n) is 5.53. The van der Waals surface area contributed by atoms with Crippen molar-refractivity contribution in [2.45, 2.75) is 39.1 Å². The number of hydrogen-bond donors (Lipinski definition) is 1. The van der Waals surface area contributed by atoms with Gasteiger partial charge in [0.25, 0.3) is 0 Å². The van der Waals surface area contributed by atoms with Gasteiger partial charge in [-0.3, -0.25) is 4.79 Å². The number of anilines is 1. The van der Waals surface area contributed by atoms with E-state index in [1.54, 1.807) is 18.0 Å². The van der Waals surface area contributed by atoms with Crippen LogP contribution < -0.4 is 5.32 Å². The van der Waals surface area contributed by atoms with Crippen LogP contribution in [0.1, 0.15) is 34.1 Å². The number of hydrogen-bond acceptors (Lipinski definition) is 3. The van der Waals surface area contributed by atoms with Crippen LogP contribution >= 0.6 is 11.8 Å². The third-order valence-electron chi connectivity index (χ3n) is 2.74. The van der Waals surface area contributed by atoms with E-state index >= 15 is 0 Å². The van der Waals surface area contributed by atoms with Gasteiger partial charge < -0.3 is 5.32 Å². The minimum absolute atomic E-state index is 0.0508. The Bertz CT molecular complexity index is 399. The van der Waals surface area contributed by atoms with Gasteiger partial charge in [0, 0.05) is 5.41 Å². The van der Waals surface area contributed by atoms with Crippen LogP contribution in [0.3, 0.4) is 0 Å². The topological polar surface area (TPSA) is 42.0 Å². The van der Waals surface area contributed by atoms with E-state index in [-0.39, 0.29) is 11.3 Å².